The fourth-order valence-electron chi connectivity index (χ4n) is 1.89. The molecule has 0 amide bonds. The second-order valence-electron chi connectivity index (χ2n) is 4.83. The lowest BCUT2D eigenvalue weighted by Gasteiger charge is -2.19. The molecule has 116 valence electrons. The normalized spacial score (nSPS) is 13.1. The van der Waals surface area contributed by atoms with Crippen LogP contribution >= 0.6 is 24.2 Å². The number of hydrogen-bond acceptors (Lipinski definition) is 4. The van der Waals surface area contributed by atoms with Gasteiger partial charge in [0.2, 0.25) is 10.0 Å². The van der Waals surface area contributed by atoms with E-state index < -0.39 is 10.0 Å². The first-order chi connectivity index (χ1) is 8.90. The Morgan fingerprint density at radius 2 is 1.90 bits per heavy atom. The van der Waals surface area contributed by atoms with Gasteiger partial charge in [-0.2, -0.15) is 0 Å². The molecule has 3 N–H and O–H groups in total. The number of benzene rings is 1. The highest BCUT2D eigenvalue weighted by Gasteiger charge is 2.22. The maximum atomic E-state index is 12.4. The molecule has 0 aliphatic heterocycles. The Bertz CT molecular complexity index is 507. The number of thioether (sulfide) groups is 1. The number of nitrogens with two attached hydrogens (primary N) is 1. The van der Waals surface area contributed by atoms with Crippen molar-refractivity contribution in [3.8, 4) is 0 Å². The first-order valence-corrected chi connectivity index (χ1v) is 8.97. The van der Waals surface area contributed by atoms with Crippen molar-refractivity contribution in [2.24, 2.45) is 11.7 Å². The molecule has 0 fully saturated rings. The van der Waals surface area contributed by atoms with Gasteiger partial charge in [0.15, 0.2) is 0 Å². The van der Waals surface area contributed by atoms with Gasteiger partial charge in [0.1, 0.15) is 0 Å². The Hall–Kier alpha value is -0.270. The molecule has 0 spiro atoms. The quantitative estimate of drug-likeness (QED) is 0.749. The highest BCUT2D eigenvalue weighted by Crippen LogP contribution is 2.24. The molecule has 1 rings (SSSR count). The summed E-state index contributed by atoms with van der Waals surface area (Å²) in [5.74, 6) is 0.395. The Balaban J connectivity index is 0.00000361. The summed E-state index contributed by atoms with van der Waals surface area (Å²) in [5, 5.41) is 0. The molecule has 7 heteroatoms. The molecule has 1 atom stereocenters. The van der Waals surface area contributed by atoms with Crippen LogP contribution < -0.4 is 10.5 Å². The lowest BCUT2D eigenvalue weighted by molar-refractivity contribution is 0.464. The van der Waals surface area contributed by atoms with Crippen LogP contribution in [0.1, 0.15) is 20.3 Å². The predicted octanol–water partition coefficient (Wildman–Crippen LogP) is 2.48. The lowest BCUT2D eigenvalue weighted by atomic mass is 10.1. The van der Waals surface area contributed by atoms with Crippen LogP contribution in [-0.4, -0.2) is 27.3 Å². The van der Waals surface area contributed by atoms with Crippen LogP contribution in [0.2, 0.25) is 0 Å². The van der Waals surface area contributed by atoms with E-state index in [0.29, 0.717) is 17.4 Å². The van der Waals surface area contributed by atoms with Crippen molar-refractivity contribution < 1.29 is 8.42 Å². The monoisotopic (exact) mass is 338 g/mol. The van der Waals surface area contributed by atoms with Crippen LogP contribution in [-0.2, 0) is 10.0 Å². The van der Waals surface area contributed by atoms with Gasteiger partial charge in [0.05, 0.1) is 4.90 Å². The van der Waals surface area contributed by atoms with E-state index in [1.807, 2.05) is 26.2 Å². The van der Waals surface area contributed by atoms with E-state index in [9.17, 15) is 8.42 Å². The molecule has 0 aliphatic rings. The number of sulfonamides is 1. The second-order valence-corrected chi connectivity index (χ2v) is 7.36. The summed E-state index contributed by atoms with van der Waals surface area (Å²) >= 11 is 1.42. The van der Waals surface area contributed by atoms with Gasteiger partial charge in [-0.15, -0.1) is 24.2 Å². The number of rotatable bonds is 7. The lowest BCUT2D eigenvalue weighted by Crippen LogP contribution is -2.41. The maximum Gasteiger partial charge on any atom is 0.241 e. The third-order valence-electron chi connectivity index (χ3n) is 2.72. The zero-order valence-electron chi connectivity index (χ0n) is 12.0. The standard InChI is InChI=1S/C13H22N2O2S2.ClH/c1-10(2)8-11(9-14)15-19(16,17)13-7-5-4-6-12(13)18-3;/h4-7,10-11,15H,8-9,14H2,1-3H3;1H. The maximum absolute atomic E-state index is 12.4. The molecule has 1 aromatic rings. The molecule has 20 heavy (non-hydrogen) atoms. The minimum Gasteiger partial charge on any atom is -0.329 e. The topological polar surface area (TPSA) is 72.2 Å². The average Bonchev–Trinajstić information content (AvgIpc) is 2.37. The average molecular weight is 339 g/mol. The van der Waals surface area contributed by atoms with E-state index in [1.54, 1.807) is 18.2 Å². The summed E-state index contributed by atoms with van der Waals surface area (Å²) in [6.45, 7) is 4.40. The van der Waals surface area contributed by atoms with Gasteiger partial charge in [0.25, 0.3) is 0 Å². The van der Waals surface area contributed by atoms with Gasteiger partial charge in [-0.3, -0.25) is 0 Å². The van der Waals surface area contributed by atoms with Crippen molar-refractivity contribution in [2.45, 2.75) is 36.1 Å². The summed E-state index contributed by atoms with van der Waals surface area (Å²) < 4.78 is 27.5. The summed E-state index contributed by atoms with van der Waals surface area (Å²) in [6, 6.07) is 6.77. The minimum atomic E-state index is -3.51. The van der Waals surface area contributed by atoms with E-state index in [0.717, 1.165) is 11.3 Å². The molecule has 0 radical (unpaired) electrons. The Kier molecular flexibility index (Phi) is 8.77. The van der Waals surface area contributed by atoms with Crippen molar-refractivity contribution in [1.29, 1.82) is 0 Å². The molecule has 0 bridgehead atoms. The minimum absolute atomic E-state index is 0. The van der Waals surface area contributed by atoms with E-state index in [-0.39, 0.29) is 18.4 Å². The van der Waals surface area contributed by atoms with Crippen molar-refractivity contribution in [3.63, 3.8) is 0 Å². The summed E-state index contributed by atoms with van der Waals surface area (Å²) in [5.41, 5.74) is 5.64. The van der Waals surface area contributed by atoms with E-state index >= 15 is 0 Å². The molecule has 0 heterocycles. The van der Waals surface area contributed by atoms with Crippen LogP contribution in [0.4, 0.5) is 0 Å². The third-order valence-corrected chi connectivity index (χ3v) is 5.22. The van der Waals surface area contributed by atoms with Crippen molar-refractivity contribution in [3.05, 3.63) is 24.3 Å². The third kappa shape index (κ3) is 5.61. The summed E-state index contributed by atoms with van der Waals surface area (Å²) in [6.07, 6.45) is 2.60. The number of hydrogen-bond donors (Lipinski definition) is 2. The Morgan fingerprint density at radius 1 is 1.30 bits per heavy atom. The Morgan fingerprint density at radius 3 is 2.40 bits per heavy atom. The number of halogens is 1. The van der Waals surface area contributed by atoms with Crippen molar-refractivity contribution in [1.82, 2.24) is 4.72 Å². The highest BCUT2D eigenvalue weighted by molar-refractivity contribution is 7.99. The zero-order chi connectivity index (χ0) is 14.5. The van der Waals surface area contributed by atoms with Crippen LogP contribution in [0.25, 0.3) is 0 Å². The molecule has 4 nitrogen and oxygen atoms in total. The second kappa shape index (κ2) is 8.89. The Labute approximate surface area is 132 Å². The summed E-state index contributed by atoms with van der Waals surface area (Å²) in [4.78, 5) is 1.07. The van der Waals surface area contributed by atoms with Crippen LogP contribution in [0.15, 0.2) is 34.1 Å². The van der Waals surface area contributed by atoms with E-state index in [4.69, 9.17) is 5.73 Å². The summed E-state index contributed by atoms with van der Waals surface area (Å²) in [7, 11) is -3.51. The van der Waals surface area contributed by atoms with Crippen LogP contribution in [0.5, 0.6) is 0 Å². The fraction of sp³-hybridized carbons (Fsp3) is 0.538. The molecule has 0 saturated heterocycles. The van der Waals surface area contributed by atoms with Gasteiger partial charge >= 0.3 is 0 Å². The van der Waals surface area contributed by atoms with Gasteiger partial charge < -0.3 is 5.73 Å². The van der Waals surface area contributed by atoms with Crippen molar-refractivity contribution >= 4 is 34.2 Å². The first-order valence-electron chi connectivity index (χ1n) is 6.26. The molecule has 0 saturated carbocycles. The van der Waals surface area contributed by atoms with Gasteiger partial charge in [-0.25, -0.2) is 13.1 Å². The zero-order valence-corrected chi connectivity index (χ0v) is 14.4. The molecule has 0 aliphatic carbocycles. The SMILES string of the molecule is CSc1ccccc1S(=O)(=O)NC(CN)CC(C)C.Cl. The van der Waals surface area contributed by atoms with Crippen molar-refractivity contribution in [2.75, 3.05) is 12.8 Å². The number of nitrogens with one attached hydrogen (secondary N) is 1. The fourth-order valence-corrected chi connectivity index (χ4v) is 4.30. The molecule has 1 aromatic carbocycles. The van der Waals surface area contributed by atoms with E-state index in [1.165, 1.54) is 11.8 Å². The van der Waals surface area contributed by atoms with Gasteiger partial charge in [-0.05, 0) is 30.7 Å². The van der Waals surface area contributed by atoms with Crippen LogP contribution in [0, 0.1) is 5.92 Å². The predicted molar refractivity (Wildman–Crippen MR) is 88.1 cm³/mol. The molecular formula is C13H23ClN2O2S2. The van der Waals surface area contributed by atoms with Crippen LogP contribution in [0.3, 0.4) is 0 Å². The largest absolute Gasteiger partial charge is 0.329 e. The molecule has 0 aromatic heterocycles. The van der Waals surface area contributed by atoms with Gasteiger partial charge in [0, 0.05) is 17.5 Å². The van der Waals surface area contributed by atoms with Gasteiger partial charge in [-0.1, -0.05) is 26.0 Å². The molecule has 1 unspecified atom stereocenters. The first kappa shape index (κ1) is 19.7. The molecular weight excluding hydrogens is 316 g/mol. The van der Waals surface area contributed by atoms with E-state index in [2.05, 4.69) is 4.72 Å². The highest BCUT2D eigenvalue weighted by atomic mass is 35.5. The smallest absolute Gasteiger partial charge is 0.241 e.